The standard InChI is InChI=1S/C17H33N7O2/c1-9-18-14(19-10-13-23-22-12(2)24(13)8)20-11-17(6,7)21-15(25)26-16(3,4)5/h9-11H2,1-8H3,(H,21,25)(H2,18,19,20). The Labute approximate surface area is 156 Å². The number of rotatable bonds is 6. The van der Waals surface area contributed by atoms with Crippen LogP contribution in [-0.4, -0.2) is 51.0 Å². The van der Waals surface area contributed by atoms with E-state index in [1.807, 2.05) is 60.1 Å². The third-order valence-electron chi connectivity index (χ3n) is 3.44. The zero-order chi connectivity index (χ0) is 20.0. The molecule has 1 heterocycles. The second kappa shape index (κ2) is 8.86. The summed E-state index contributed by atoms with van der Waals surface area (Å²) in [4.78, 5) is 16.5. The molecule has 26 heavy (non-hydrogen) atoms. The summed E-state index contributed by atoms with van der Waals surface area (Å²) in [6.45, 7) is 14.8. The van der Waals surface area contributed by atoms with Crippen LogP contribution in [0.25, 0.3) is 0 Å². The number of nitrogens with zero attached hydrogens (tertiary/aromatic N) is 4. The lowest BCUT2D eigenvalue weighted by molar-refractivity contribution is 0.0474. The molecule has 0 unspecified atom stereocenters. The quantitative estimate of drug-likeness (QED) is 0.519. The van der Waals surface area contributed by atoms with Gasteiger partial charge in [-0.05, 0) is 48.5 Å². The Bertz CT molecular complexity index is 630. The molecule has 3 N–H and O–H groups in total. The fraction of sp³-hybridized carbons (Fsp3) is 0.765. The third kappa shape index (κ3) is 7.71. The molecule has 0 radical (unpaired) electrons. The van der Waals surface area contributed by atoms with Gasteiger partial charge in [0.2, 0.25) is 0 Å². The van der Waals surface area contributed by atoms with Crippen LogP contribution in [0.4, 0.5) is 4.79 Å². The lowest BCUT2D eigenvalue weighted by atomic mass is 10.1. The van der Waals surface area contributed by atoms with Gasteiger partial charge in [0.1, 0.15) is 18.0 Å². The van der Waals surface area contributed by atoms with Crippen molar-refractivity contribution in [3.05, 3.63) is 11.6 Å². The first-order valence-electron chi connectivity index (χ1n) is 8.82. The monoisotopic (exact) mass is 367 g/mol. The minimum atomic E-state index is -0.530. The second-order valence-electron chi connectivity index (χ2n) is 7.78. The molecule has 9 heteroatoms. The van der Waals surface area contributed by atoms with Crippen LogP contribution >= 0.6 is 0 Å². The molecule has 0 fully saturated rings. The molecular formula is C17H33N7O2. The predicted molar refractivity (Wildman–Crippen MR) is 102 cm³/mol. The first-order chi connectivity index (χ1) is 11.9. The number of alkyl carbamates (subject to hydrolysis) is 1. The van der Waals surface area contributed by atoms with Gasteiger partial charge in [-0.3, -0.25) is 0 Å². The molecule has 1 amide bonds. The molecule has 1 aromatic rings. The van der Waals surface area contributed by atoms with Gasteiger partial charge in [0.05, 0.1) is 5.54 Å². The zero-order valence-corrected chi connectivity index (χ0v) is 17.2. The van der Waals surface area contributed by atoms with Crippen molar-refractivity contribution >= 4 is 12.1 Å². The fourth-order valence-corrected chi connectivity index (χ4v) is 2.01. The molecule has 0 atom stereocenters. The maximum atomic E-state index is 12.0. The Balaban J connectivity index is 2.64. The molecule has 0 aliphatic carbocycles. The van der Waals surface area contributed by atoms with E-state index in [2.05, 4.69) is 31.1 Å². The number of carbonyl (C=O) groups is 1. The summed E-state index contributed by atoms with van der Waals surface area (Å²) in [6, 6.07) is 0. The van der Waals surface area contributed by atoms with E-state index >= 15 is 0 Å². The molecule has 0 aliphatic heterocycles. The van der Waals surface area contributed by atoms with Crippen molar-refractivity contribution in [1.29, 1.82) is 0 Å². The van der Waals surface area contributed by atoms with Gasteiger partial charge in [-0.2, -0.15) is 0 Å². The van der Waals surface area contributed by atoms with Gasteiger partial charge in [-0.15, -0.1) is 10.2 Å². The van der Waals surface area contributed by atoms with Gasteiger partial charge in [0.15, 0.2) is 11.8 Å². The largest absolute Gasteiger partial charge is 0.444 e. The molecule has 0 saturated carbocycles. The SMILES string of the molecule is CCNC(=NCc1nnc(C)n1C)NCC(C)(C)NC(=O)OC(C)(C)C. The number of hydrogen-bond donors (Lipinski definition) is 3. The number of ether oxygens (including phenoxy) is 1. The van der Waals surface area contributed by atoms with Crippen LogP contribution in [0, 0.1) is 6.92 Å². The van der Waals surface area contributed by atoms with E-state index < -0.39 is 17.2 Å². The molecule has 148 valence electrons. The number of hydrogen-bond acceptors (Lipinski definition) is 5. The van der Waals surface area contributed by atoms with Crippen LogP contribution in [-0.2, 0) is 18.3 Å². The molecule has 0 saturated heterocycles. The number of guanidine groups is 1. The summed E-state index contributed by atoms with van der Waals surface area (Å²) in [5, 5.41) is 17.4. The van der Waals surface area contributed by atoms with E-state index in [0.717, 1.165) is 18.2 Å². The van der Waals surface area contributed by atoms with Crippen LogP contribution < -0.4 is 16.0 Å². The van der Waals surface area contributed by atoms with Crippen molar-refractivity contribution in [2.45, 2.75) is 66.2 Å². The molecule has 0 aromatic carbocycles. The minimum absolute atomic E-state index is 0.409. The highest BCUT2D eigenvalue weighted by Crippen LogP contribution is 2.09. The Morgan fingerprint density at radius 2 is 1.85 bits per heavy atom. The minimum Gasteiger partial charge on any atom is -0.444 e. The predicted octanol–water partition coefficient (Wildman–Crippen LogP) is 1.48. The van der Waals surface area contributed by atoms with E-state index in [-0.39, 0.29) is 0 Å². The summed E-state index contributed by atoms with van der Waals surface area (Å²) < 4.78 is 7.21. The van der Waals surface area contributed by atoms with E-state index in [1.165, 1.54) is 0 Å². The lowest BCUT2D eigenvalue weighted by Crippen LogP contribution is -2.54. The summed E-state index contributed by atoms with van der Waals surface area (Å²) >= 11 is 0. The van der Waals surface area contributed by atoms with Gasteiger partial charge in [0.25, 0.3) is 0 Å². The van der Waals surface area contributed by atoms with Crippen LogP contribution in [0.1, 0.15) is 53.2 Å². The highest BCUT2D eigenvalue weighted by molar-refractivity contribution is 5.80. The maximum absolute atomic E-state index is 12.0. The topological polar surface area (TPSA) is 105 Å². The van der Waals surface area contributed by atoms with Crippen LogP contribution in [0.5, 0.6) is 0 Å². The maximum Gasteiger partial charge on any atom is 0.408 e. The third-order valence-corrected chi connectivity index (χ3v) is 3.44. The van der Waals surface area contributed by atoms with E-state index in [9.17, 15) is 4.79 Å². The first-order valence-corrected chi connectivity index (χ1v) is 8.82. The summed E-state index contributed by atoms with van der Waals surface area (Å²) in [5.74, 6) is 2.27. The molecule has 1 aromatic heterocycles. The van der Waals surface area contributed by atoms with Crippen molar-refractivity contribution in [2.75, 3.05) is 13.1 Å². The highest BCUT2D eigenvalue weighted by atomic mass is 16.6. The van der Waals surface area contributed by atoms with Crippen LogP contribution in [0.15, 0.2) is 4.99 Å². The summed E-state index contributed by atoms with van der Waals surface area (Å²) in [7, 11) is 1.91. The normalized spacial score (nSPS) is 12.7. The first kappa shape index (κ1) is 21.7. The second-order valence-corrected chi connectivity index (χ2v) is 7.78. The zero-order valence-electron chi connectivity index (χ0n) is 17.2. The summed E-state index contributed by atoms with van der Waals surface area (Å²) in [5.41, 5.74) is -1.04. The van der Waals surface area contributed by atoms with Gasteiger partial charge < -0.3 is 25.3 Å². The number of nitrogens with one attached hydrogen (secondary N) is 3. The number of amides is 1. The fourth-order valence-electron chi connectivity index (χ4n) is 2.01. The van der Waals surface area contributed by atoms with Crippen molar-refractivity contribution < 1.29 is 9.53 Å². The number of aryl methyl sites for hydroxylation is 1. The molecule has 0 bridgehead atoms. The number of aromatic nitrogens is 3. The van der Waals surface area contributed by atoms with E-state index in [0.29, 0.717) is 19.0 Å². The highest BCUT2D eigenvalue weighted by Gasteiger charge is 2.24. The number of carbonyl (C=O) groups excluding carboxylic acids is 1. The lowest BCUT2D eigenvalue weighted by Gasteiger charge is -2.29. The van der Waals surface area contributed by atoms with Crippen molar-refractivity contribution in [3.63, 3.8) is 0 Å². The van der Waals surface area contributed by atoms with Crippen molar-refractivity contribution in [2.24, 2.45) is 12.0 Å². The molecular weight excluding hydrogens is 334 g/mol. The van der Waals surface area contributed by atoms with Gasteiger partial charge in [0, 0.05) is 20.1 Å². The Morgan fingerprint density at radius 3 is 2.35 bits per heavy atom. The van der Waals surface area contributed by atoms with Gasteiger partial charge >= 0.3 is 6.09 Å². The van der Waals surface area contributed by atoms with E-state index in [4.69, 9.17) is 4.74 Å². The molecule has 0 aliphatic rings. The van der Waals surface area contributed by atoms with Gasteiger partial charge in [-0.1, -0.05) is 0 Å². The molecule has 1 rings (SSSR count). The van der Waals surface area contributed by atoms with Gasteiger partial charge in [-0.25, -0.2) is 9.79 Å². The van der Waals surface area contributed by atoms with E-state index in [1.54, 1.807) is 0 Å². The van der Waals surface area contributed by atoms with Crippen molar-refractivity contribution in [3.8, 4) is 0 Å². The Morgan fingerprint density at radius 1 is 1.19 bits per heavy atom. The summed E-state index contributed by atoms with van der Waals surface area (Å²) in [6.07, 6.45) is -0.444. The Kier molecular flexibility index (Phi) is 7.41. The average Bonchev–Trinajstić information content (AvgIpc) is 2.79. The molecule has 0 spiro atoms. The van der Waals surface area contributed by atoms with Crippen LogP contribution in [0.2, 0.25) is 0 Å². The average molecular weight is 367 g/mol. The Hall–Kier alpha value is -2.32. The smallest absolute Gasteiger partial charge is 0.408 e. The van der Waals surface area contributed by atoms with Crippen molar-refractivity contribution in [1.82, 2.24) is 30.7 Å². The molecule has 9 nitrogen and oxygen atoms in total. The number of aliphatic imine (C=N–C) groups is 1. The van der Waals surface area contributed by atoms with Crippen LogP contribution in [0.3, 0.4) is 0 Å².